The van der Waals surface area contributed by atoms with Crippen molar-refractivity contribution in [3.63, 3.8) is 0 Å². The second-order valence-electron chi connectivity index (χ2n) is 6.37. The molecular formula is C19H21N3O2. The molecule has 1 fully saturated rings. The van der Waals surface area contributed by atoms with E-state index in [4.69, 9.17) is 5.41 Å². The summed E-state index contributed by atoms with van der Waals surface area (Å²) < 4.78 is 0. The number of rotatable bonds is 3. The first kappa shape index (κ1) is 16.2. The van der Waals surface area contributed by atoms with Gasteiger partial charge in [0.2, 0.25) is 5.91 Å². The van der Waals surface area contributed by atoms with Gasteiger partial charge in [-0.3, -0.25) is 15.1 Å². The molecule has 5 heteroatoms. The number of aliphatic hydroxyl groups is 1. The molecule has 5 nitrogen and oxygen atoms in total. The van der Waals surface area contributed by atoms with Crippen LogP contribution in [0.15, 0.2) is 48.5 Å². The maximum atomic E-state index is 12.1. The lowest BCUT2D eigenvalue weighted by Gasteiger charge is -2.39. The zero-order chi connectivity index (χ0) is 17.3. The van der Waals surface area contributed by atoms with Crippen molar-refractivity contribution in [3.05, 3.63) is 59.7 Å². The summed E-state index contributed by atoms with van der Waals surface area (Å²) in [5.74, 6) is 0.0374. The lowest BCUT2D eigenvalue weighted by Crippen LogP contribution is -2.58. The summed E-state index contributed by atoms with van der Waals surface area (Å²) in [7, 11) is 1.61. The standard InChI is InChI=1S/C19H21N3O2/c1-19(11-17(24)22(2)18(20)21-19)16-8-4-7-15(10-16)14-6-3-5-13(9-14)12-23/h3-10,23H,11-12H2,1-2H3,(H2,20,21)/t19-/m0/s1. The summed E-state index contributed by atoms with van der Waals surface area (Å²) in [5, 5.41) is 20.4. The normalized spacial score (nSPS) is 20.9. The highest BCUT2D eigenvalue weighted by Crippen LogP contribution is 2.31. The van der Waals surface area contributed by atoms with E-state index < -0.39 is 5.54 Å². The van der Waals surface area contributed by atoms with E-state index in [1.807, 2.05) is 55.5 Å². The molecule has 0 saturated carbocycles. The minimum atomic E-state index is -0.606. The average molecular weight is 323 g/mol. The molecule has 0 unspecified atom stereocenters. The first-order valence-electron chi connectivity index (χ1n) is 7.87. The summed E-state index contributed by atoms with van der Waals surface area (Å²) in [4.78, 5) is 13.5. The van der Waals surface area contributed by atoms with Crippen molar-refractivity contribution in [1.82, 2.24) is 10.2 Å². The lowest BCUT2D eigenvalue weighted by molar-refractivity contribution is -0.129. The minimum absolute atomic E-state index is 0.00476. The number of nitrogens with zero attached hydrogens (tertiary/aromatic N) is 1. The Labute approximate surface area is 141 Å². The van der Waals surface area contributed by atoms with E-state index in [1.54, 1.807) is 7.05 Å². The first-order valence-corrected chi connectivity index (χ1v) is 7.87. The van der Waals surface area contributed by atoms with Crippen molar-refractivity contribution in [2.45, 2.75) is 25.5 Å². The number of benzene rings is 2. The van der Waals surface area contributed by atoms with Crippen molar-refractivity contribution in [1.29, 1.82) is 5.41 Å². The molecular weight excluding hydrogens is 302 g/mol. The van der Waals surface area contributed by atoms with Gasteiger partial charge in [-0.15, -0.1) is 0 Å². The number of carbonyl (C=O) groups excluding carboxylic acids is 1. The van der Waals surface area contributed by atoms with Crippen LogP contribution < -0.4 is 5.32 Å². The molecule has 1 aliphatic heterocycles. The number of hydrogen-bond acceptors (Lipinski definition) is 3. The molecule has 1 atom stereocenters. The van der Waals surface area contributed by atoms with Crippen LogP contribution >= 0.6 is 0 Å². The van der Waals surface area contributed by atoms with Crippen molar-refractivity contribution >= 4 is 11.9 Å². The molecule has 1 saturated heterocycles. The van der Waals surface area contributed by atoms with Crippen LogP contribution in [0.1, 0.15) is 24.5 Å². The van der Waals surface area contributed by atoms with Gasteiger partial charge in [0.1, 0.15) is 0 Å². The molecule has 3 rings (SSSR count). The van der Waals surface area contributed by atoms with Gasteiger partial charge in [-0.05, 0) is 41.3 Å². The van der Waals surface area contributed by atoms with Crippen LogP contribution in [-0.2, 0) is 16.9 Å². The highest BCUT2D eigenvalue weighted by atomic mass is 16.3. The zero-order valence-electron chi connectivity index (χ0n) is 13.8. The number of aliphatic hydroxyl groups excluding tert-OH is 1. The van der Waals surface area contributed by atoms with E-state index in [2.05, 4.69) is 5.32 Å². The molecule has 2 aromatic carbocycles. The fraction of sp³-hybridized carbons (Fsp3) is 0.263. The number of guanidine groups is 1. The van der Waals surface area contributed by atoms with Crippen LogP contribution in [0.3, 0.4) is 0 Å². The van der Waals surface area contributed by atoms with Crippen LogP contribution in [0.25, 0.3) is 11.1 Å². The summed E-state index contributed by atoms with van der Waals surface area (Å²) in [6, 6.07) is 15.7. The Balaban J connectivity index is 1.98. The van der Waals surface area contributed by atoms with Gasteiger partial charge >= 0.3 is 0 Å². The Hall–Kier alpha value is -2.66. The van der Waals surface area contributed by atoms with Crippen molar-refractivity contribution in [2.24, 2.45) is 0 Å². The van der Waals surface area contributed by atoms with Gasteiger partial charge in [-0.25, -0.2) is 0 Å². The molecule has 2 aromatic rings. The Morgan fingerprint density at radius 2 is 1.88 bits per heavy atom. The third kappa shape index (κ3) is 2.90. The van der Waals surface area contributed by atoms with Gasteiger partial charge in [0.15, 0.2) is 5.96 Å². The third-order valence-corrected chi connectivity index (χ3v) is 4.55. The number of carbonyl (C=O) groups is 1. The summed E-state index contributed by atoms with van der Waals surface area (Å²) >= 11 is 0. The first-order chi connectivity index (χ1) is 11.4. The quantitative estimate of drug-likeness (QED) is 0.812. The summed E-state index contributed by atoms with van der Waals surface area (Å²) in [5.41, 5.74) is 3.25. The molecule has 1 aliphatic rings. The molecule has 0 aromatic heterocycles. The second-order valence-corrected chi connectivity index (χ2v) is 6.37. The third-order valence-electron chi connectivity index (χ3n) is 4.55. The Morgan fingerprint density at radius 1 is 1.21 bits per heavy atom. The summed E-state index contributed by atoms with van der Waals surface area (Å²) in [6.07, 6.45) is 0.298. The summed E-state index contributed by atoms with van der Waals surface area (Å²) in [6.45, 7) is 1.94. The van der Waals surface area contributed by atoms with Gasteiger partial charge in [0.25, 0.3) is 0 Å². The monoisotopic (exact) mass is 323 g/mol. The topological polar surface area (TPSA) is 76.4 Å². The second kappa shape index (κ2) is 6.09. The van der Waals surface area contributed by atoms with E-state index in [-0.39, 0.29) is 18.5 Å². The largest absolute Gasteiger partial charge is 0.392 e. The molecule has 0 spiro atoms. The van der Waals surface area contributed by atoms with Gasteiger partial charge in [0.05, 0.1) is 18.6 Å². The van der Waals surface area contributed by atoms with Crippen LogP contribution in [-0.4, -0.2) is 28.9 Å². The average Bonchev–Trinajstić information content (AvgIpc) is 2.60. The minimum Gasteiger partial charge on any atom is -0.392 e. The molecule has 3 N–H and O–H groups in total. The maximum absolute atomic E-state index is 12.1. The van der Waals surface area contributed by atoms with Crippen molar-refractivity contribution in [2.75, 3.05) is 7.05 Å². The molecule has 124 valence electrons. The predicted molar refractivity (Wildman–Crippen MR) is 93.4 cm³/mol. The Kier molecular flexibility index (Phi) is 4.11. The highest BCUT2D eigenvalue weighted by Gasteiger charge is 2.37. The molecule has 0 bridgehead atoms. The smallest absolute Gasteiger partial charge is 0.231 e. The van der Waals surface area contributed by atoms with Gasteiger partial charge in [-0.2, -0.15) is 0 Å². The van der Waals surface area contributed by atoms with E-state index in [0.29, 0.717) is 6.42 Å². The molecule has 1 heterocycles. The van der Waals surface area contributed by atoms with E-state index >= 15 is 0 Å². The van der Waals surface area contributed by atoms with Crippen LogP contribution in [0.4, 0.5) is 0 Å². The van der Waals surface area contributed by atoms with E-state index in [0.717, 1.165) is 22.3 Å². The number of amides is 1. The zero-order valence-corrected chi connectivity index (χ0v) is 13.8. The predicted octanol–water partition coefficient (Wildman–Crippen LogP) is 2.45. The van der Waals surface area contributed by atoms with Crippen LogP contribution in [0.2, 0.25) is 0 Å². The number of hydrogen-bond donors (Lipinski definition) is 3. The van der Waals surface area contributed by atoms with Gasteiger partial charge in [0, 0.05) is 7.05 Å². The Morgan fingerprint density at radius 3 is 2.54 bits per heavy atom. The SMILES string of the molecule is CN1C(=N)N[C@](C)(c2cccc(-c3cccc(CO)c3)c2)CC1=O. The lowest BCUT2D eigenvalue weighted by atomic mass is 9.85. The van der Waals surface area contributed by atoms with Crippen LogP contribution in [0, 0.1) is 5.41 Å². The molecule has 1 amide bonds. The van der Waals surface area contributed by atoms with Crippen molar-refractivity contribution < 1.29 is 9.90 Å². The Bertz CT molecular complexity index is 783. The highest BCUT2D eigenvalue weighted by molar-refractivity contribution is 5.98. The maximum Gasteiger partial charge on any atom is 0.231 e. The molecule has 0 aliphatic carbocycles. The van der Waals surface area contributed by atoms with Gasteiger partial charge in [-0.1, -0.05) is 36.4 Å². The molecule has 0 radical (unpaired) electrons. The van der Waals surface area contributed by atoms with Crippen LogP contribution in [0.5, 0.6) is 0 Å². The van der Waals surface area contributed by atoms with Gasteiger partial charge < -0.3 is 10.4 Å². The van der Waals surface area contributed by atoms with E-state index in [9.17, 15) is 9.90 Å². The van der Waals surface area contributed by atoms with Crippen molar-refractivity contribution in [3.8, 4) is 11.1 Å². The fourth-order valence-electron chi connectivity index (χ4n) is 3.00. The van der Waals surface area contributed by atoms with E-state index in [1.165, 1.54) is 4.90 Å². The number of nitrogens with one attached hydrogen (secondary N) is 2. The fourth-order valence-corrected chi connectivity index (χ4v) is 3.00. The molecule has 24 heavy (non-hydrogen) atoms.